The topological polar surface area (TPSA) is 84.6 Å². The molecule has 0 bridgehead atoms. The van der Waals surface area contributed by atoms with Gasteiger partial charge in [-0.1, -0.05) is 19.4 Å². The molecule has 0 unspecified atom stereocenters. The number of hydrogen-bond acceptors (Lipinski definition) is 4. The van der Waals surface area contributed by atoms with E-state index >= 15 is 0 Å². The molecule has 0 spiro atoms. The molecule has 19 heavy (non-hydrogen) atoms. The van der Waals surface area contributed by atoms with E-state index in [2.05, 4.69) is 17.5 Å². The average molecular weight is 261 g/mol. The number of hydrazone groups is 1. The van der Waals surface area contributed by atoms with Gasteiger partial charge in [-0.25, -0.2) is 5.43 Å². The Bertz CT molecular complexity index is 492. The highest BCUT2D eigenvalue weighted by atomic mass is 16.6. The zero-order valence-corrected chi connectivity index (χ0v) is 10.6. The quantitative estimate of drug-likeness (QED) is 0.485. The van der Waals surface area contributed by atoms with Crippen molar-refractivity contribution in [2.45, 2.75) is 19.8 Å². The third-order valence-electron chi connectivity index (χ3n) is 2.26. The van der Waals surface area contributed by atoms with Crippen molar-refractivity contribution in [1.82, 2.24) is 5.43 Å². The number of carbonyl (C=O) groups excluding carboxylic acids is 1. The second kappa shape index (κ2) is 7.75. The van der Waals surface area contributed by atoms with E-state index in [1.165, 1.54) is 30.5 Å². The van der Waals surface area contributed by atoms with E-state index in [4.69, 9.17) is 0 Å². The van der Waals surface area contributed by atoms with Gasteiger partial charge >= 0.3 is 0 Å². The molecule has 0 saturated carbocycles. The molecule has 100 valence electrons. The van der Waals surface area contributed by atoms with Gasteiger partial charge < -0.3 is 0 Å². The van der Waals surface area contributed by atoms with Crippen molar-refractivity contribution in [1.29, 1.82) is 0 Å². The zero-order chi connectivity index (χ0) is 14.1. The van der Waals surface area contributed by atoms with E-state index in [0.29, 0.717) is 5.56 Å². The van der Waals surface area contributed by atoms with Gasteiger partial charge in [0.2, 0.25) is 0 Å². The number of unbranched alkanes of at least 4 members (excludes halogenated alkanes) is 1. The smallest absolute Gasteiger partial charge is 0.267 e. The van der Waals surface area contributed by atoms with Gasteiger partial charge in [-0.05, 0) is 24.6 Å². The minimum absolute atomic E-state index is 0.0532. The number of nitrogens with one attached hydrogen (secondary N) is 1. The molecular formula is C13H15N3O3. The molecule has 0 aliphatic rings. The largest absolute Gasteiger partial charge is 0.271 e. The predicted molar refractivity (Wildman–Crippen MR) is 73.1 cm³/mol. The number of nitro benzene ring substituents is 1. The number of benzene rings is 1. The summed E-state index contributed by atoms with van der Waals surface area (Å²) in [5, 5.41) is 14.2. The van der Waals surface area contributed by atoms with Crippen molar-refractivity contribution in [2.24, 2.45) is 5.10 Å². The highest BCUT2D eigenvalue weighted by Gasteiger charge is 2.08. The molecule has 0 heterocycles. The summed E-state index contributed by atoms with van der Waals surface area (Å²) < 4.78 is 0. The van der Waals surface area contributed by atoms with Crippen LogP contribution in [0.15, 0.2) is 41.5 Å². The number of carbonyl (C=O) groups is 1. The summed E-state index contributed by atoms with van der Waals surface area (Å²) in [5.74, 6) is -0.407. The molecular weight excluding hydrogens is 246 g/mol. The van der Waals surface area contributed by atoms with Gasteiger partial charge in [0, 0.05) is 23.9 Å². The minimum atomic E-state index is -0.516. The first kappa shape index (κ1) is 14.6. The molecule has 1 aromatic rings. The van der Waals surface area contributed by atoms with Crippen LogP contribution >= 0.6 is 0 Å². The first-order valence-corrected chi connectivity index (χ1v) is 5.88. The molecule has 1 rings (SSSR count). The van der Waals surface area contributed by atoms with Crippen LogP contribution in [-0.2, 0) is 0 Å². The van der Waals surface area contributed by atoms with E-state index in [9.17, 15) is 14.9 Å². The van der Waals surface area contributed by atoms with Crippen LogP contribution in [0.4, 0.5) is 5.69 Å². The fraction of sp³-hybridized carbons (Fsp3) is 0.231. The molecule has 0 aliphatic heterocycles. The summed E-state index contributed by atoms with van der Waals surface area (Å²) in [5.41, 5.74) is 2.60. The van der Waals surface area contributed by atoms with Crippen molar-refractivity contribution < 1.29 is 9.72 Å². The van der Waals surface area contributed by atoms with Gasteiger partial charge in [-0.15, -0.1) is 0 Å². The van der Waals surface area contributed by atoms with E-state index in [0.717, 1.165) is 12.8 Å². The fourth-order valence-corrected chi connectivity index (χ4v) is 1.26. The number of nitro groups is 1. The maximum Gasteiger partial charge on any atom is 0.271 e. The third-order valence-corrected chi connectivity index (χ3v) is 2.26. The molecule has 1 aromatic carbocycles. The molecule has 0 saturated heterocycles. The number of non-ortho nitro benzene ring substituents is 1. The summed E-state index contributed by atoms with van der Waals surface area (Å²) >= 11 is 0. The summed E-state index contributed by atoms with van der Waals surface area (Å²) in [7, 11) is 0. The number of allylic oxidation sites excluding steroid dienone is 2. The van der Waals surface area contributed by atoms with Crippen LogP contribution in [0.25, 0.3) is 0 Å². The highest BCUT2D eigenvalue weighted by Crippen LogP contribution is 2.11. The molecule has 6 heteroatoms. The number of nitrogens with zero attached hydrogens (tertiary/aromatic N) is 2. The van der Waals surface area contributed by atoms with Gasteiger partial charge in [-0.3, -0.25) is 14.9 Å². The normalized spacial score (nSPS) is 11.0. The van der Waals surface area contributed by atoms with Gasteiger partial charge in [-0.2, -0.15) is 5.10 Å². The maximum atomic E-state index is 11.6. The Morgan fingerprint density at radius 3 is 2.68 bits per heavy atom. The molecule has 1 N–H and O–H groups in total. The van der Waals surface area contributed by atoms with Crippen LogP contribution in [0.5, 0.6) is 0 Å². The lowest BCUT2D eigenvalue weighted by Crippen LogP contribution is -2.17. The molecule has 0 fully saturated rings. The van der Waals surface area contributed by atoms with E-state index in [1.54, 1.807) is 6.08 Å². The van der Waals surface area contributed by atoms with Crippen molar-refractivity contribution in [2.75, 3.05) is 0 Å². The zero-order valence-electron chi connectivity index (χ0n) is 10.6. The number of hydrogen-bond donors (Lipinski definition) is 1. The monoisotopic (exact) mass is 261 g/mol. The lowest BCUT2D eigenvalue weighted by Gasteiger charge is -1.98. The van der Waals surface area contributed by atoms with Crippen molar-refractivity contribution >= 4 is 17.8 Å². The Labute approximate surface area is 111 Å². The summed E-state index contributed by atoms with van der Waals surface area (Å²) in [4.78, 5) is 21.5. The first-order chi connectivity index (χ1) is 9.15. The predicted octanol–water partition coefficient (Wildman–Crippen LogP) is 2.67. The Morgan fingerprint density at radius 2 is 2.11 bits per heavy atom. The van der Waals surface area contributed by atoms with Crippen molar-refractivity contribution in [3.8, 4) is 0 Å². The van der Waals surface area contributed by atoms with Crippen LogP contribution in [0, 0.1) is 10.1 Å². The second-order valence-electron chi connectivity index (χ2n) is 3.74. The van der Waals surface area contributed by atoms with Crippen molar-refractivity contribution in [3.05, 3.63) is 52.1 Å². The average Bonchev–Trinajstić information content (AvgIpc) is 2.42. The third kappa shape index (κ3) is 5.12. The molecule has 0 aliphatic carbocycles. The Hall–Kier alpha value is -2.50. The van der Waals surface area contributed by atoms with Crippen LogP contribution in [0.3, 0.4) is 0 Å². The maximum absolute atomic E-state index is 11.6. The van der Waals surface area contributed by atoms with Crippen LogP contribution in [-0.4, -0.2) is 17.0 Å². The van der Waals surface area contributed by atoms with Crippen LogP contribution in [0.2, 0.25) is 0 Å². The number of rotatable bonds is 6. The van der Waals surface area contributed by atoms with E-state index in [1.807, 2.05) is 6.08 Å². The van der Waals surface area contributed by atoms with Crippen LogP contribution < -0.4 is 5.43 Å². The Balaban J connectivity index is 2.52. The lowest BCUT2D eigenvalue weighted by molar-refractivity contribution is -0.384. The first-order valence-electron chi connectivity index (χ1n) is 5.88. The number of amides is 1. The van der Waals surface area contributed by atoms with Gasteiger partial charge in [0.1, 0.15) is 0 Å². The SMILES string of the molecule is CCCC=CC=NNC(=O)c1ccc([N+](=O)[O-])cc1. The molecule has 1 amide bonds. The Morgan fingerprint density at radius 1 is 1.42 bits per heavy atom. The highest BCUT2D eigenvalue weighted by molar-refractivity contribution is 5.94. The molecule has 6 nitrogen and oxygen atoms in total. The van der Waals surface area contributed by atoms with E-state index < -0.39 is 10.8 Å². The second-order valence-corrected chi connectivity index (χ2v) is 3.74. The van der Waals surface area contributed by atoms with Crippen molar-refractivity contribution in [3.63, 3.8) is 0 Å². The minimum Gasteiger partial charge on any atom is -0.267 e. The Kier molecular flexibility index (Phi) is 5.94. The summed E-state index contributed by atoms with van der Waals surface area (Å²) in [6.45, 7) is 2.07. The van der Waals surface area contributed by atoms with Gasteiger partial charge in [0.15, 0.2) is 0 Å². The van der Waals surface area contributed by atoms with Gasteiger partial charge in [0.05, 0.1) is 4.92 Å². The van der Waals surface area contributed by atoms with Gasteiger partial charge in [0.25, 0.3) is 11.6 Å². The van der Waals surface area contributed by atoms with E-state index in [-0.39, 0.29) is 5.69 Å². The van der Waals surface area contributed by atoms with Crippen LogP contribution in [0.1, 0.15) is 30.1 Å². The molecule has 0 aromatic heterocycles. The standard InChI is InChI=1S/C13H15N3O3/c1-2-3-4-5-10-14-15-13(17)11-6-8-12(9-7-11)16(18)19/h4-10H,2-3H2,1H3,(H,15,17). The molecule has 0 radical (unpaired) electrons. The molecule has 0 atom stereocenters. The lowest BCUT2D eigenvalue weighted by atomic mass is 10.2. The summed E-state index contributed by atoms with van der Waals surface area (Å²) in [6.07, 6.45) is 7.20. The summed E-state index contributed by atoms with van der Waals surface area (Å²) in [6, 6.07) is 5.32. The fourth-order valence-electron chi connectivity index (χ4n) is 1.26.